The highest BCUT2D eigenvalue weighted by Crippen LogP contribution is 2.19. The van der Waals surface area contributed by atoms with Crippen LogP contribution in [-0.4, -0.2) is 41.1 Å². The lowest BCUT2D eigenvalue weighted by Crippen LogP contribution is -2.51. The summed E-state index contributed by atoms with van der Waals surface area (Å²) in [4.78, 5) is 28.5. The fourth-order valence-corrected chi connectivity index (χ4v) is 3.68. The third kappa shape index (κ3) is 7.58. The summed E-state index contributed by atoms with van der Waals surface area (Å²) in [5.41, 5.74) is 2.35. The Morgan fingerprint density at radius 2 is 1.69 bits per heavy atom. The Bertz CT molecular complexity index is 777. The predicted molar refractivity (Wildman–Crippen MR) is 121 cm³/mol. The van der Waals surface area contributed by atoms with E-state index >= 15 is 0 Å². The van der Waals surface area contributed by atoms with Crippen molar-refractivity contribution in [2.45, 2.75) is 57.5 Å². The first-order valence-electron chi connectivity index (χ1n) is 10.2. The van der Waals surface area contributed by atoms with E-state index in [0.717, 1.165) is 23.3 Å². The molecule has 0 aliphatic rings. The second-order valence-corrected chi connectivity index (χ2v) is 8.47. The standard InChI is InChI=1S/C24H32N2O2S/c1-5-19(3)25-24(28)20(4)26(16-15-21-9-7-6-8-10-21)23(27)17-29-22-13-11-18(2)12-14-22/h6-14,19-20H,5,15-17H2,1-4H3,(H,25,28)/t19-,20+/m1/s1. The number of rotatable bonds is 10. The Morgan fingerprint density at radius 3 is 2.31 bits per heavy atom. The van der Waals surface area contributed by atoms with E-state index in [1.807, 2.05) is 82.3 Å². The zero-order valence-electron chi connectivity index (χ0n) is 17.9. The fourth-order valence-electron chi connectivity index (χ4n) is 2.90. The van der Waals surface area contributed by atoms with Crippen molar-refractivity contribution < 1.29 is 9.59 Å². The van der Waals surface area contributed by atoms with Gasteiger partial charge < -0.3 is 10.2 Å². The number of amides is 2. The monoisotopic (exact) mass is 412 g/mol. The van der Waals surface area contributed by atoms with E-state index in [0.29, 0.717) is 12.3 Å². The molecule has 2 aromatic carbocycles. The fraction of sp³-hybridized carbons (Fsp3) is 0.417. The van der Waals surface area contributed by atoms with Crippen molar-refractivity contribution >= 4 is 23.6 Å². The van der Waals surface area contributed by atoms with Crippen LogP contribution >= 0.6 is 11.8 Å². The minimum atomic E-state index is -0.501. The number of carbonyl (C=O) groups is 2. The molecule has 2 aromatic rings. The van der Waals surface area contributed by atoms with Gasteiger partial charge in [0.1, 0.15) is 6.04 Å². The van der Waals surface area contributed by atoms with Gasteiger partial charge in [0.25, 0.3) is 0 Å². The van der Waals surface area contributed by atoms with Crippen molar-refractivity contribution in [3.63, 3.8) is 0 Å². The number of nitrogens with one attached hydrogen (secondary N) is 1. The lowest BCUT2D eigenvalue weighted by molar-refractivity contribution is -0.138. The van der Waals surface area contributed by atoms with E-state index < -0.39 is 6.04 Å². The average molecular weight is 413 g/mol. The first-order valence-corrected chi connectivity index (χ1v) is 11.2. The molecule has 2 rings (SSSR count). The highest BCUT2D eigenvalue weighted by molar-refractivity contribution is 8.00. The minimum Gasteiger partial charge on any atom is -0.352 e. The summed E-state index contributed by atoms with van der Waals surface area (Å²) in [5.74, 6) is 0.207. The molecule has 4 nitrogen and oxygen atoms in total. The summed E-state index contributed by atoms with van der Waals surface area (Å²) >= 11 is 1.51. The molecule has 0 aliphatic heterocycles. The molecule has 1 N–H and O–H groups in total. The van der Waals surface area contributed by atoms with Crippen molar-refractivity contribution in [2.24, 2.45) is 0 Å². The lowest BCUT2D eigenvalue weighted by Gasteiger charge is -2.29. The molecule has 0 aliphatic carbocycles. The van der Waals surface area contributed by atoms with Crippen LogP contribution in [-0.2, 0) is 16.0 Å². The Morgan fingerprint density at radius 1 is 1.03 bits per heavy atom. The van der Waals surface area contributed by atoms with E-state index in [1.54, 1.807) is 4.90 Å². The molecule has 2 amide bonds. The number of carbonyl (C=O) groups excluding carboxylic acids is 2. The third-order valence-electron chi connectivity index (χ3n) is 5.04. The van der Waals surface area contributed by atoms with Gasteiger partial charge in [0.2, 0.25) is 11.8 Å². The zero-order chi connectivity index (χ0) is 21.2. The summed E-state index contributed by atoms with van der Waals surface area (Å²) in [6.07, 6.45) is 1.59. The molecule has 156 valence electrons. The summed E-state index contributed by atoms with van der Waals surface area (Å²) < 4.78 is 0. The lowest BCUT2D eigenvalue weighted by atomic mass is 10.1. The molecule has 0 heterocycles. The molecule has 0 aromatic heterocycles. The SMILES string of the molecule is CC[C@@H](C)NC(=O)[C@H](C)N(CCc1ccccc1)C(=O)CSc1ccc(C)cc1. The van der Waals surface area contributed by atoms with E-state index in [4.69, 9.17) is 0 Å². The van der Waals surface area contributed by atoms with Gasteiger partial charge in [-0.2, -0.15) is 0 Å². The molecule has 0 unspecified atom stereocenters. The maximum absolute atomic E-state index is 13.0. The van der Waals surface area contributed by atoms with Gasteiger partial charge in [-0.1, -0.05) is 55.0 Å². The molecule has 0 radical (unpaired) electrons. The smallest absolute Gasteiger partial charge is 0.242 e. The summed E-state index contributed by atoms with van der Waals surface area (Å²) in [6, 6.07) is 17.8. The van der Waals surface area contributed by atoms with Gasteiger partial charge in [-0.15, -0.1) is 11.8 Å². The van der Waals surface area contributed by atoms with Crippen molar-refractivity contribution in [3.05, 3.63) is 65.7 Å². The van der Waals surface area contributed by atoms with Crippen molar-refractivity contribution in [1.29, 1.82) is 0 Å². The normalized spacial score (nSPS) is 12.8. The van der Waals surface area contributed by atoms with Gasteiger partial charge in [-0.3, -0.25) is 9.59 Å². The molecule has 0 saturated carbocycles. The van der Waals surface area contributed by atoms with E-state index in [2.05, 4.69) is 5.32 Å². The molecule has 0 fully saturated rings. The summed E-state index contributed by atoms with van der Waals surface area (Å²) in [7, 11) is 0. The van der Waals surface area contributed by atoms with Crippen molar-refractivity contribution in [1.82, 2.24) is 10.2 Å². The Hall–Kier alpha value is -2.27. The summed E-state index contributed by atoms with van der Waals surface area (Å²) in [6.45, 7) is 8.40. The summed E-state index contributed by atoms with van der Waals surface area (Å²) in [5, 5.41) is 3.00. The Kier molecular flexibility index (Phi) is 9.26. The van der Waals surface area contributed by atoms with E-state index in [-0.39, 0.29) is 17.9 Å². The maximum Gasteiger partial charge on any atom is 0.242 e. The molecule has 0 saturated heterocycles. The van der Waals surface area contributed by atoms with Crippen LogP contribution in [0, 0.1) is 6.92 Å². The second kappa shape index (κ2) is 11.7. The minimum absolute atomic E-state index is 0.0155. The highest BCUT2D eigenvalue weighted by Gasteiger charge is 2.26. The molecule has 29 heavy (non-hydrogen) atoms. The topological polar surface area (TPSA) is 49.4 Å². The number of hydrogen-bond acceptors (Lipinski definition) is 3. The second-order valence-electron chi connectivity index (χ2n) is 7.42. The van der Waals surface area contributed by atoms with Crippen LogP contribution in [0.1, 0.15) is 38.3 Å². The van der Waals surface area contributed by atoms with Gasteiger partial charge in [0, 0.05) is 17.5 Å². The number of aryl methyl sites for hydroxylation is 1. The first kappa shape index (κ1) is 23.0. The van der Waals surface area contributed by atoms with Crippen LogP contribution < -0.4 is 5.32 Å². The van der Waals surface area contributed by atoms with Crippen LogP contribution in [0.4, 0.5) is 0 Å². The first-order chi connectivity index (χ1) is 13.9. The zero-order valence-corrected chi connectivity index (χ0v) is 18.7. The molecule has 2 atom stereocenters. The average Bonchev–Trinajstić information content (AvgIpc) is 2.73. The van der Waals surface area contributed by atoms with Gasteiger partial charge in [0.15, 0.2) is 0 Å². The van der Waals surface area contributed by atoms with Gasteiger partial charge in [-0.25, -0.2) is 0 Å². The number of benzene rings is 2. The van der Waals surface area contributed by atoms with Crippen LogP contribution in [0.5, 0.6) is 0 Å². The van der Waals surface area contributed by atoms with Crippen molar-refractivity contribution in [3.8, 4) is 0 Å². The van der Waals surface area contributed by atoms with Gasteiger partial charge in [0.05, 0.1) is 5.75 Å². The molecule has 0 spiro atoms. The third-order valence-corrected chi connectivity index (χ3v) is 6.03. The quantitative estimate of drug-likeness (QED) is 0.586. The maximum atomic E-state index is 13.0. The van der Waals surface area contributed by atoms with Crippen LogP contribution in [0.25, 0.3) is 0 Å². The Balaban J connectivity index is 2.05. The number of thioether (sulfide) groups is 1. The van der Waals surface area contributed by atoms with Crippen molar-refractivity contribution in [2.75, 3.05) is 12.3 Å². The molecule has 5 heteroatoms. The van der Waals surface area contributed by atoms with Gasteiger partial charge in [-0.05, 0) is 51.3 Å². The van der Waals surface area contributed by atoms with Crippen LogP contribution in [0.2, 0.25) is 0 Å². The van der Waals surface area contributed by atoms with Gasteiger partial charge >= 0.3 is 0 Å². The van der Waals surface area contributed by atoms with E-state index in [9.17, 15) is 9.59 Å². The molecular formula is C24H32N2O2S. The predicted octanol–water partition coefficient (Wildman–Crippen LogP) is 4.46. The highest BCUT2D eigenvalue weighted by atomic mass is 32.2. The van der Waals surface area contributed by atoms with Crippen LogP contribution in [0.3, 0.4) is 0 Å². The largest absolute Gasteiger partial charge is 0.352 e. The number of nitrogens with zero attached hydrogens (tertiary/aromatic N) is 1. The van der Waals surface area contributed by atoms with Crippen LogP contribution in [0.15, 0.2) is 59.5 Å². The van der Waals surface area contributed by atoms with E-state index in [1.165, 1.54) is 17.3 Å². The Labute approximate surface area is 179 Å². The molecular weight excluding hydrogens is 380 g/mol. The number of hydrogen-bond donors (Lipinski definition) is 1. The molecule has 0 bridgehead atoms.